The van der Waals surface area contributed by atoms with Crippen molar-refractivity contribution >= 4 is 23.6 Å². The summed E-state index contributed by atoms with van der Waals surface area (Å²) in [4.78, 5) is 23.8. The molecule has 0 heterocycles. The first-order valence-electron chi connectivity index (χ1n) is 5.94. The van der Waals surface area contributed by atoms with Gasteiger partial charge in [-0.2, -0.15) is 0 Å². The number of allylic oxidation sites excluding steroid dienone is 1. The van der Waals surface area contributed by atoms with Gasteiger partial charge in [-0.25, -0.2) is 4.79 Å². The molecular formula is C14H17NO3S. The number of amides is 1. The van der Waals surface area contributed by atoms with Gasteiger partial charge in [-0.05, 0) is 26.0 Å². The highest BCUT2D eigenvalue weighted by Crippen LogP contribution is 2.16. The largest absolute Gasteiger partial charge is 0.463 e. The molecule has 0 atom stereocenters. The van der Waals surface area contributed by atoms with Crippen molar-refractivity contribution in [3.05, 3.63) is 42.1 Å². The van der Waals surface area contributed by atoms with Gasteiger partial charge in [0, 0.05) is 16.7 Å². The van der Waals surface area contributed by atoms with Crippen LogP contribution in [0.25, 0.3) is 0 Å². The lowest BCUT2D eigenvalue weighted by atomic mass is 10.4. The standard InChI is InChI=1S/C14H17NO3S/c1-3-18-14(17)9-11(2)15-13(16)10-19-12-7-5-4-6-8-12/h4-9H,3,10H2,1-2H3,(H,15,16)/b11-9+. The zero-order chi connectivity index (χ0) is 14.1. The SMILES string of the molecule is CCOC(=O)/C=C(\C)NC(=O)CSc1ccccc1. The summed E-state index contributed by atoms with van der Waals surface area (Å²) in [5.41, 5.74) is 0.483. The van der Waals surface area contributed by atoms with E-state index in [0.717, 1.165) is 4.90 Å². The van der Waals surface area contributed by atoms with E-state index in [9.17, 15) is 9.59 Å². The number of nitrogens with one attached hydrogen (secondary N) is 1. The van der Waals surface area contributed by atoms with Crippen LogP contribution in [0, 0.1) is 0 Å². The molecule has 4 nitrogen and oxygen atoms in total. The van der Waals surface area contributed by atoms with E-state index in [1.165, 1.54) is 17.8 Å². The summed E-state index contributed by atoms with van der Waals surface area (Å²) in [7, 11) is 0. The first-order chi connectivity index (χ1) is 9.11. The fourth-order valence-electron chi connectivity index (χ4n) is 1.32. The number of hydrogen-bond acceptors (Lipinski definition) is 4. The van der Waals surface area contributed by atoms with E-state index >= 15 is 0 Å². The Balaban J connectivity index is 2.37. The van der Waals surface area contributed by atoms with Gasteiger partial charge in [0.15, 0.2) is 0 Å². The van der Waals surface area contributed by atoms with E-state index in [1.54, 1.807) is 13.8 Å². The molecule has 0 bridgehead atoms. The number of benzene rings is 1. The number of carbonyl (C=O) groups excluding carboxylic acids is 2. The second-order valence-corrected chi connectivity index (χ2v) is 4.78. The van der Waals surface area contributed by atoms with E-state index in [0.29, 0.717) is 18.1 Å². The Hall–Kier alpha value is -1.75. The predicted molar refractivity (Wildman–Crippen MR) is 75.7 cm³/mol. The molecule has 0 saturated carbocycles. The van der Waals surface area contributed by atoms with Gasteiger partial charge in [-0.15, -0.1) is 11.8 Å². The lowest BCUT2D eigenvalue weighted by molar-refractivity contribution is -0.137. The number of rotatable bonds is 6. The fourth-order valence-corrected chi connectivity index (χ4v) is 2.04. The highest BCUT2D eigenvalue weighted by Gasteiger charge is 2.04. The molecule has 0 radical (unpaired) electrons. The third-order valence-corrected chi connectivity index (χ3v) is 3.08. The van der Waals surface area contributed by atoms with Gasteiger partial charge in [-0.1, -0.05) is 18.2 Å². The van der Waals surface area contributed by atoms with Crippen molar-refractivity contribution in [2.75, 3.05) is 12.4 Å². The molecule has 0 unspecified atom stereocenters. The van der Waals surface area contributed by atoms with Crippen molar-refractivity contribution in [1.82, 2.24) is 5.32 Å². The van der Waals surface area contributed by atoms with Crippen LogP contribution in [0.3, 0.4) is 0 Å². The van der Waals surface area contributed by atoms with Crippen LogP contribution in [-0.2, 0) is 14.3 Å². The van der Waals surface area contributed by atoms with Crippen LogP contribution in [0.2, 0.25) is 0 Å². The highest BCUT2D eigenvalue weighted by molar-refractivity contribution is 8.00. The molecule has 0 fully saturated rings. The molecule has 1 N–H and O–H groups in total. The molecule has 0 aromatic heterocycles. The van der Waals surface area contributed by atoms with E-state index in [-0.39, 0.29) is 5.91 Å². The maximum absolute atomic E-state index is 11.6. The molecule has 0 aliphatic carbocycles. The minimum atomic E-state index is -0.448. The second-order valence-electron chi connectivity index (χ2n) is 3.73. The van der Waals surface area contributed by atoms with Crippen molar-refractivity contribution in [3.8, 4) is 0 Å². The minimum absolute atomic E-state index is 0.146. The maximum atomic E-state index is 11.6. The lowest BCUT2D eigenvalue weighted by Gasteiger charge is -2.05. The van der Waals surface area contributed by atoms with Gasteiger partial charge in [-0.3, -0.25) is 4.79 Å². The smallest absolute Gasteiger partial charge is 0.332 e. The van der Waals surface area contributed by atoms with Crippen LogP contribution in [0.15, 0.2) is 47.0 Å². The van der Waals surface area contributed by atoms with Gasteiger partial charge < -0.3 is 10.1 Å². The maximum Gasteiger partial charge on any atom is 0.332 e. The van der Waals surface area contributed by atoms with Gasteiger partial charge in [0.2, 0.25) is 5.91 Å². The summed E-state index contributed by atoms with van der Waals surface area (Å²) in [6.07, 6.45) is 1.27. The Morgan fingerprint density at radius 1 is 1.32 bits per heavy atom. The summed E-state index contributed by atoms with van der Waals surface area (Å²) in [5.74, 6) is -0.291. The van der Waals surface area contributed by atoms with E-state index in [2.05, 4.69) is 5.32 Å². The molecular weight excluding hydrogens is 262 g/mol. The fraction of sp³-hybridized carbons (Fsp3) is 0.286. The second kappa shape index (κ2) is 8.37. The molecule has 1 rings (SSSR count). The minimum Gasteiger partial charge on any atom is -0.463 e. The van der Waals surface area contributed by atoms with Crippen LogP contribution >= 0.6 is 11.8 Å². The van der Waals surface area contributed by atoms with Gasteiger partial charge >= 0.3 is 5.97 Å². The number of ether oxygens (including phenoxy) is 1. The van der Waals surface area contributed by atoms with Crippen molar-refractivity contribution in [1.29, 1.82) is 0 Å². The van der Waals surface area contributed by atoms with Gasteiger partial charge in [0.1, 0.15) is 0 Å². The third kappa shape index (κ3) is 6.67. The molecule has 19 heavy (non-hydrogen) atoms. The summed E-state index contributed by atoms with van der Waals surface area (Å²) in [6, 6.07) is 9.66. The Bertz CT molecular complexity index is 457. The average molecular weight is 279 g/mol. The first-order valence-corrected chi connectivity index (χ1v) is 6.93. The molecule has 1 aromatic rings. The Kier molecular flexibility index (Phi) is 6.74. The van der Waals surface area contributed by atoms with Crippen molar-refractivity contribution in [3.63, 3.8) is 0 Å². The van der Waals surface area contributed by atoms with Gasteiger partial charge in [0.25, 0.3) is 0 Å². The Morgan fingerprint density at radius 3 is 2.63 bits per heavy atom. The summed E-state index contributed by atoms with van der Waals surface area (Å²) in [5, 5.41) is 2.64. The van der Waals surface area contributed by atoms with Crippen LogP contribution in [-0.4, -0.2) is 24.2 Å². The highest BCUT2D eigenvalue weighted by atomic mass is 32.2. The van der Waals surface area contributed by atoms with E-state index < -0.39 is 5.97 Å². The zero-order valence-corrected chi connectivity index (χ0v) is 11.8. The Labute approximate surface area is 117 Å². The molecule has 1 aromatic carbocycles. The molecule has 102 valence electrons. The van der Waals surface area contributed by atoms with Crippen LogP contribution < -0.4 is 5.32 Å². The summed E-state index contributed by atoms with van der Waals surface area (Å²) in [6.45, 7) is 3.71. The van der Waals surface area contributed by atoms with E-state index in [1.807, 2.05) is 30.3 Å². The van der Waals surface area contributed by atoms with Gasteiger partial charge in [0.05, 0.1) is 12.4 Å². The first kappa shape index (κ1) is 15.3. The van der Waals surface area contributed by atoms with Crippen LogP contribution in [0.5, 0.6) is 0 Å². The predicted octanol–water partition coefficient (Wildman–Crippen LogP) is 2.36. The van der Waals surface area contributed by atoms with E-state index in [4.69, 9.17) is 4.74 Å². The molecule has 0 aliphatic rings. The summed E-state index contributed by atoms with van der Waals surface area (Å²) < 4.78 is 4.75. The van der Waals surface area contributed by atoms with Crippen molar-refractivity contribution < 1.29 is 14.3 Å². The molecule has 5 heteroatoms. The number of thioether (sulfide) groups is 1. The number of esters is 1. The lowest BCUT2D eigenvalue weighted by Crippen LogP contribution is -2.24. The monoisotopic (exact) mass is 279 g/mol. The molecule has 0 aliphatic heterocycles. The molecule has 1 amide bonds. The average Bonchev–Trinajstić information content (AvgIpc) is 2.37. The molecule has 0 spiro atoms. The number of carbonyl (C=O) groups is 2. The van der Waals surface area contributed by atoms with Crippen molar-refractivity contribution in [2.45, 2.75) is 18.7 Å². The normalized spacial score (nSPS) is 10.9. The summed E-state index contributed by atoms with van der Waals surface area (Å²) >= 11 is 1.44. The van der Waals surface area contributed by atoms with Crippen LogP contribution in [0.4, 0.5) is 0 Å². The van der Waals surface area contributed by atoms with Crippen LogP contribution in [0.1, 0.15) is 13.8 Å². The third-order valence-electron chi connectivity index (χ3n) is 2.07. The number of hydrogen-bond donors (Lipinski definition) is 1. The van der Waals surface area contributed by atoms with Crippen molar-refractivity contribution in [2.24, 2.45) is 0 Å². The Morgan fingerprint density at radius 2 is 2.00 bits per heavy atom. The zero-order valence-electron chi connectivity index (χ0n) is 11.0. The quantitative estimate of drug-likeness (QED) is 0.493. The topological polar surface area (TPSA) is 55.4 Å². The molecule has 0 saturated heterocycles.